The molecule has 20 heavy (non-hydrogen) atoms. The maximum absolute atomic E-state index is 12.9. The Hall–Kier alpha value is -2.28. The average molecular weight is 288 g/mol. The van der Waals surface area contributed by atoms with Gasteiger partial charge in [-0.3, -0.25) is 10.2 Å². The maximum atomic E-state index is 12.9. The van der Waals surface area contributed by atoms with E-state index >= 15 is 0 Å². The van der Waals surface area contributed by atoms with E-state index in [1.165, 1.54) is 47.1 Å². The fraction of sp³-hybridized carbons (Fsp3) is 0.0769. The Morgan fingerprint density at radius 2 is 2.05 bits per heavy atom. The van der Waals surface area contributed by atoms with E-state index in [9.17, 15) is 9.18 Å². The smallest absolute Gasteiger partial charge is 0.282 e. The maximum Gasteiger partial charge on any atom is 0.283 e. The van der Waals surface area contributed by atoms with Crippen molar-refractivity contribution in [2.24, 2.45) is 10.1 Å². The van der Waals surface area contributed by atoms with Crippen molar-refractivity contribution in [3.8, 4) is 0 Å². The second-order valence-electron chi connectivity index (χ2n) is 4.19. The summed E-state index contributed by atoms with van der Waals surface area (Å²) in [5.41, 5.74) is 0.769. The second kappa shape index (κ2) is 4.68. The number of halogens is 1. The molecule has 0 saturated heterocycles. The van der Waals surface area contributed by atoms with Crippen LogP contribution in [-0.2, 0) is 4.79 Å². The summed E-state index contributed by atoms with van der Waals surface area (Å²) in [5, 5.41) is 14.6. The Morgan fingerprint density at radius 3 is 2.75 bits per heavy atom. The minimum absolute atomic E-state index is 0.0197. The molecule has 0 radical (unpaired) electrons. The van der Waals surface area contributed by atoms with Crippen molar-refractivity contribution in [1.29, 1.82) is 5.41 Å². The number of carbonyl (C=O) groups excluding carboxylic acids is 1. The molecule has 0 bridgehead atoms. The first-order valence-electron chi connectivity index (χ1n) is 5.77. The van der Waals surface area contributed by atoms with E-state index in [1.54, 1.807) is 6.92 Å². The molecular formula is C13H9FN4OS. The minimum Gasteiger partial charge on any atom is -0.282 e. The van der Waals surface area contributed by atoms with Gasteiger partial charge in [0, 0.05) is 0 Å². The van der Waals surface area contributed by atoms with Crippen LogP contribution in [0.15, 0.2) is 39.9 Å². The van der Waals surface area contributed by atoms with Gasteiger partial charge in [-0.2, -0.15) is 15.1 Å². The van der Waals surface area contributed by atoms with E-state index in [4.69, 9.17) is 5.41 Å². The van der Waals surface area contributed by atoms with E-state index in [0.29, 0.717) is 10.7 Å². The number of carbonyl (C=O) groups is 1. The molecule has 0 aromatic heterocycles. The topological polar surface area (TPSA) is 68.9 Å². The van der Waals surface area contributed by atoms with Crippen LogP contribution in [0.1, 0.15) is 12.5 Å². The van der Waals surface area contributed by atoms with E-state index < -0.39 is 5.91 Å². The predicted molar refractivity (Wildman–Crippen MR) is 77.1 cm³/mol. The van der Waals surface area contributed by atoms with Gasteiger partial charge in [0.05, 0.1) is 10.6 Å². The van der Waals surface area contributed by atoms with Crippen molar-refractivity contribution in [3.05, 3.63) is 41.2 Å². The van der Waals surface area contributed by atoms with Crippen LogP contribution < -0.4 is 0 Å². The van der Waals surface area contributed by atoms with Gasteiger partial charge in [0.25, 0.3) is 5.91 Å². The normalized spacial score (nSPS) is 20.1. The molecule has 0 unspecified atom stereocenters. The molecule has 7 heteroatoms. The standard InChI is InChI=1S/C13H9FN4OS/c1-7-17-18-11(15)10(12(19)16-13(18)20-7)6-8-2-4-9(14)5-3-8/h2-6,15H,1H3/b10-6+,15-11?. The van der Waals surface area contributed by atoms with Crippen molar-refractivity contribution in [2.45, 2.75) is 6.92 Å². The molecule has 0 aliphatic carbocycles. The van der Waals surface area contributed by atoms with Crippen molar-refractivity contribution in [1.82, 2.24) is 5.01 Å². The number of rotatable bonds is 1. The van der Waals surface area contributed by atoms with Crippen LogP contribution in [-0.4, -0.2) is 27.0 Å². The van der Waals surface area contributed by atoms with E-state index in [0.717, 1.165) is 5.04 Å². The van der Waals surface area contributed by atoms with Crippen LogP contribution in [0.5, 0.6) is 0 Å². The molecule has 0 spiro atoms. The first kappa shape index (κ1) is 12.7. The third-order valence-corrected chi connectivity index (χ3v) is 3.56. The Bertz CT molecular complexity index is 706. The highest BCUT2D eigenvalue weighted by molar-refractivity contribution is 8.26. The van der Waals surface area contributed by atoms with Crippen LogP contribution in [0.4, 0.5) is 4.39 Å². The molecule has 0 atom stereocenters. The third-order valence-electron chi connectivity index (χ3n) is 2.74. The molecule has 3 rings (SSSR count). The molecule has 2 aliphatic heterocycles. The highest BCUT2D eigenvalue weighted by atomic mass is 32.2. The lowest BCUT2D eigenvalue weighted by Gasteiger charge is -2.20. The lowest BCUT2D eigenvalue weighted by atomic mass is 10.1. The zero-order valence-corrected chi connectivity index (χ0v) is 11.2. The van der Waals surface area contributed by atoms with E-state index in [1.807, 2.05) is 0 Å². The summed E-state index contributed by atoms with van der Waals surface area (Å²) < 4.78 is 12.9. The summed E-state index contributed by atoms with van der Waals surface area (Å²) in [5.74, 6) is -0.856. The van der Waals surface area contributed by atoms with E-state index in [-0.39, 0.29) is 17.2 Å². The number of fused-ring (bicyclic) bond motifs is 1. The summed E-state index contributed by atoms with van der Waals surface area (Å²) in [6.45, 7) is 1.78. The zero-order chi connectivity index (χ0) is 14.3. The number of aliphatic imine (C=N–C) groups is 1. The van der Waals surface area contributed by atoms with Crippen molar-refractivity contribution >= 4 is 39.8 Å². The second-order valence-corrected chi connectivity index (χ2v) is 5.35. The van der Waals surface area contributed by atoms with Gasteiger partial charge in [0.15, 0.2) is 5.84 Å². The summed E-state index contributed by atoms with van der Waals surface area (Å²) in [6.07, 6.45) is 1.51. The lowest BCUT2D eigenvalue weighted by molar-refractivity contribution is -0.114. The van der Waals surface area contributed by atoms with E-state index in [2.05, 4.69) is 10.1 Å². The summed E-state index contributed by atoms with van der Waals surface area (Å²) in [7, 11) is 0. The van der Waals surface area contributed by atoms with Crippen molar-refractivity contribution in [3.63, 3.8) is 0 Å². The van der Waals surface area contributed by atoms with Crippen LogP contribution in [0.25, 0.3) is 6.08 Å². The minimum atomic E-state index is -0.483. The molecule has 1 aromatic rings. The highest BCUT2D eigenvalue weighted by Crippen LogP contribution is 2.27. The number of hydrazone groups is 1. The highest BCUT2D eigenvalue weighted by Gasteiger charge is 2.34. The Morgan fingerprint density at radius 1 is 1.35 bits per heavy atom. The third kappa shape index (κ3) is 2.16. The Kier molecular flexibility index (Phi) is 2.98. The molecular weight excluding hydrogens is 279 g/mol. The van der Waals surface area contributed by atoms with Crippen molar-refractivity contribution in [2.75, 3.05) is 0 Å². The van der Waals surface area contributed by atoms with Crippen LogP contribution in [0.3, 0.4) is 0 Å². The van der Waals surface area contributed by atoms with Gasteiger partial charge in [-0.15, -0.1) is 0 Å². The molecule has 1 aromatic carbocycles. The average Bonchev–Trinajstić information content (AvgIpc) is 2.77. The SMILES string of the molecule is CC1=NN2C(=N)/C(=C\c3ccc(F)cc3)C(=O)N=C2S1. The number of nitrogens with one attached hydrogen (secondary N) is 1. The lowest BCUT2D eigenvalue weighted by Crippen LogP contribution is -2.35. The number of hydrogen-bond acceptors (Lipinski definition) is 4. The van der Waals surface area contributed by atoms with Gasteiger partial charge >= 0.3 is 0 Å². The summed E-state index contributed by atoms with van der Waals surface area (Å²) in [4.78, 5) is 15.9. The number of benzene rings is 1. The monoisotopic (exact) mass is 288 g/mol. The number of amidine groups is 2. The molecule has 1 N–H and O–H groups in total. The summed E-state index contributed by atoms with van der Waals surface area (Å²) >= 11 is 1.25. The zero-order valence-electron chi connectivity index (χ0n) is 10.4. The van der Waals surface area contributed by atoms with Crippen LogP contribution in [0.2, 0.25) is 0 Å². The van der Waals surface area contributed by atoms with Gasteiger partial charge in [-0.05, 0) is 42.5 Å². The van der Waals surface area contributed by atoms with Gasteiger partial charge < -0.3 is 0 Å². The van der Waals surface area contributed by atoms with Gasteiger partial charge in [0.2, 0.25) is 5.17 Å². The quantitative estimate of drug-likeness (QED) is 0.807. The first-order chi connectivity index (χ1) is 9.54. The largest absolute Gasteiger partial charge is 0.283 e. The predicted octanol–water partition coefficient (Wildman–Crippen LogP) is 2.46. The Labute approximate surface area is 118 Å². The fourth-order valence-corrected chi connectivity index (χ4v) is 2.55. The van der Waals surface area contributed by atoms with Gasteiger partial charge in [-0.1, -0.05) is 12.1 Å². The molecule has 100 valence electrons. The number of hydrogen-bond donors (Lipinski definition) is 1. The molecule has 1 amide bonds. The fourth-order valence-electron chi connectivity index (χ4n) is 1.81. The molecule has 2 aliphatic rings. The van der Waals surface area contributed by atoms with Crippen molar-refractivity contribution < 1.29 is 9.18 Å². The van der Waals surface area contributed by atoms with Crippen LogP contribution >= 0.6 is 11.8 Å². The van der Waals surface area contributed by atoms with Gasteiger partial charge in [0.1, 0.15) is 5.82 Å². The number of thioether (sulfide) groups is 1. The molecule has 0 saturated carbocycles. The number of nitrogens with zero attached hydrogens (tertiary/aromatic N) is 3. The van der Waals surface area contributed by atoms with Crippen LogP contribution in [0, 0.1) is 11.2 Å². The molecule has 5 nitrogen and oxygen atoms in total. The first-order valence-corrected chi connectivity index (χ1v) is 6.58. The molecule has 2 heterocycles. The molecule has 0 fully saturated rings. The Balaban J connectivity index is 2.00. The van der Waals surface area contributed by atoms with Gasteiger partial charge in [-0.25, -0.2) is 4.39 Å². The summed E-state index contributed by atoms with van der Waals surface area (Å²) in [6, 6.07) is 5.67. The number of amides is 1.